The van der Waals surface area contributed by atoms with E-state index in [1.807, 2.05) is 11.0 Å². The van der Waals surface area contributed by atoms with Gasteiger partial charge in [-0.15, -0.1) is 0 Å². The zero-order valence-corrected chi connectivity index (χ0v) is 23.4. The van der Waals surface area contributed by atoms with Crippen molar-refractivity contribution in [2.45, 2.75) is 71.2 Å². The second kappa shape index (κ2) is 10.6. The number of alkyl halides is 2. The van der Waals surface area contributed by atoms with Crippen molar-refractivity contribution < 1.29 is 18.7 Å². The third-order valence-corrected chi connectivity index (χ3v) is 8.76. The van der Waals surface area contributed by atoms with Crippen molar-refractivity contribution in [1.29, 1.82) is 0 Å². The van der Waals surface area contributed by atoms with E-state index in [4.69, 9.17) is 5.10 Å². The van der Waals surface area contributed by atoms with E-state index < -0.39 is 12.7 Å². The van der Waals surface area contributed by atoms with Gasteiger partial charge >= 0.3 is 0 Å². The summed E-state index contributed by atoms with van der Waals surface area (Å²) >= 11 is 0. The monoisotopic (exact) mass is 553 g/mol. The second-order valence-corrected chi connectivity index (χ2v) is 11.3. The maximum Gasteiger partial charge on any atom is 0.264 e. The lowest BCUT2D eigenvalue weighted by atomic mass is 9.92. The van der Waals surface area contributed by atoms with Gasteiger partial charge in [0.05, 0.1) is 18.8 Å². The Hall–Kier alpha value is -3.31. The number of benzene rings is 1. The molecule has 1 amide bonds. The number of nitrogens with zero attached hydrogens (tertiary/aromatic N) is 7. The van der Waals surface area contributed by atoms with Crippen LogP contribution >= 0.6 is 0 Å². The highest BCUT2D eigenvalue weighted by molar-refractivity contribution is 5.78. The van der Waals surface area contributed by atoms with Crippen molar-refractivity contribution in [1.82, 2.24) is 29.4 Å². The van der Waals surface area contributed by atoms with Crippen molar-refractivity contribution in [3.8, 4) is 11.1 Å². The Balaban J connectivity index is 1.43. The molecule has 1 N–H and O–H groups in total. The molecule has 9 nitrogen and oxygen atoms in total. The molecule has 0 bridgehead atoms. The lowest BCUT2D eigenvalue weighted by Crippen LogP contribution is -2.41. The van der Waals surface area contributed by atoms with E-state index in [0.29, 0.717) is 37.2 Å². The van der Waals surface area contributed by atoms with Crippen LogP contribution in [0.3, 0.4) is 0 Å². The number of anilines is 2. The van der Waals surface area contributed by atoms with Crippen LogP contribution in [0.5, 0.6) is 0 Å². The number of likely N-dealkylation sites (tertiary alicyclic amines) is 1. The van der Waals surface area contributed by atoms with Crippen LogP contribution in [0.25, 0.3) is 11.1 Å². The minimum absolute atomic E-state index is 0.0113. The van der Waals surface area contributed by atoms with Crippen LogP contribution in [0.4, 0.5) is 20.3 Å². The van der Waals surface area contributed by atoms with Crippen LogP contribution in [0.15, 0.2) is 24.5 Å². The largest absolute Gasteiger partial charge is 0.379 e. The molecule has 0 saturated carbocycles. The number of aliphatic hydroxyl groups is 1. The summed E-state index contributed by atoms with van der Waals surface area (Å²) in [4.78, 5) is 18.4. The Morgan fingerprint density at radius 2 is 1.90 bits per heavy atom. The molecule has 0 aliphatic carbocycles. The smallest absolute Gasteiger partial charge is 0.264 e. The van der Waals surface area contributed by atoms with E-state index in [1.165, 1.54) is 0 Å². The highest BCUT2D eigenvalue weighted by atomic mass is 19.3. The molecule has 0 radical (unpaired) electrons. The van der Waals surface area contributed by atoms with Crippen molar-refractivity contribution in [2.24, 2.45) is 7.05 Å². The van der Waals surface area contributed by atoms with Gasteiger partial charge in [-0.2, -0.15) is 10.2 Å². The maximum absolute atomic E-state index is 14.4. The molecule has 1 aromatic carbocycles. The third-order valence-electron chi connectivity index (χ3n) is 8.76. The number of hydrogen-bond donors (Lipinski definition) is 1. The number of aliphatic hydroxyl groups excluding tert-OH is 1. The normalized spacial score (nSPS) is 19.2. The minimum atomic E-state index is -2.64. The molecule has 6 rings (SSSR count). The first-order valence-electron chi connectivity index (χ1n) is 14.2. The second-order valence-electron chi connectivity index (χ2n) is 11.3. The third kappa shape index (κ3) is 4.79. The summed E-state index contributed by atoms with van der Waals surface area (Å²) in [5, 5.41) is 19.4. The van der Waals surface area contributed by atoms with Gasteiger partial charge in [0.1, 0.15) is 6.23 Å². The molecular weight excluding hydrogens is 516 g/mol. The first kappa shape index (κ1) is 26.9. The first-order chi connectivity index (χ1) is 19.2. The predicted molar refractivity (Wildman–Crippen MR) is 147 cm³/mol. The summed E-state index contributed by atoms with van der Waals surface area (Å²) in [5.41, 5.74) is 5.12. The molecule has 3 aromatic rings. The number of fused-ring (bicyclic) bond motifs is 2. The maximum atomic E-state index is 14.4. The molecule has 5 heterocycles. The van der Waals surface area contributed by atoms with E-state index in [-0.39, 0.29) is 17.5 Å². The quantitative estimate of drug-likeness (QED) is 0.511. The summed E-state index contributed by atoms with van der Waals surface area (Å²) in [6.07, 6.45) is 4.41. The number of rotatable bonds is 5. The van der Waals surface area contributed by atoms with Crippen molar-refractivity contribution in [3.05, 3.63) is 46.9 Å². The van der Waals surface area contributed by atoms with Gasteiger partial charge in [0, 0.05) is 80.8 Å². The molecule has 2 aromatic heterocycles. The topological polar surface area (TPSA) is 82.7 Å². The fraction of sp³-hybridized carbons (Fsp3) is 0.552. The fourth-order valence-corrected chi connectivity index (χ4v) is 6.58. The van der Waals surface area contributed by atoms with Crippen LogP contribution < -0.4 is 4.90 Å². The SMILES string of the molecule is CC(=O)N1CCc2c(c(N3CCCc4cc(-c5cnn(C)c5)c(C(F)F)cc43)nn2C2CCN(C(C)O)CC2)C1. The predicted octanol–water partition coefficient (Wildman–Crippen LogP) is 4.19. The standard InChI is InChI=1S/C29H37F2N7O2/c1-18(39)35-10-6-22(7-11-35)38-26-8-12-36(19(2)40)17-25(26)29(33-38)37-9-4-5-20-13-23(21-15-32-34(3)16-21)24(28(30)31)14-27(20)37/h13-16,18,22,28,39H,4-12,17H2,1-3H3. The summed E-state index contributed by atoms with van der Waals surface area (Å²) in [6.45, 7) is 6.73. The lowest BCUT2D eigenvalue weighted by Gasteiger charge is -2.35. The summed E-state index contributed by atoms with van der Waals surface area (Å²) < 4.78 is 32.6. The van der Waals surface area contributed by atoms with Crippen molar-refractivity contribution >= 4 is 17.4 Å². The molecule has 0 spiro atoms. The van der Waals surface area contributed by atoms with Gasteiger partial charge in [-0.1, -0.05) is 0 Å². The zero-order chi connectivity index (χ0) is 28.1. The Labute approximate surface area is 233 Å². The molecule has 1 fully saturated rings. The molecular formula is C29H37F2N7O2. The Morgan fingerprint density at radius 3 is 2.55 bits per heavy atom. The van der Waals surface area contributed by atoms with E-state index in [1.54, 1.807) is 44.0 Å². The summed E-state index contributed by atoms with van der Waals surface area (Å²) in [7, 11) is 1.78. The van der Waals surface area contributed by atoms with Gasteiger partial charge in [-0.05, 0) is 55.9 Å². The number of piperidine rings is 1. The van der Waals surface area contributed by atoms with Crippen LogP contribution in [-0.4, -0.2) is 72.8 Å². The zero-order valence-electron chi connectivity index (χ0n) is 23.4. The summed E-state index contributed by atoms with van der Waals surface area (Å²) in [5.74, 6) is 0.795. The van der Waals surface area contributed by atoms with Gasteiger partial charge in [-0.25, -0.2) is 8.78 Å². The van der Waals surface area contributed by atoms with Gasteiger partial charge in [-0.3, -0.25) is 19.1 Å². The number of aryl methyl sites for hydroxylation is 2. The van der Waals surface area contributed by atoms with E-state index >= 15 is 0 Å². The molecule has 40 heavy (non-hydrogen) atoms. The van der Waals surface area contributed by atoms with Gasteiger partial charge in [0.2, 0.25) is 5.91 Å². The number of hydrogen-bond acceptors (Lipinski definition) is 6. The van der Waals surface area contributed by atoms with E-state index in [2.05, 4.69) is 19.6 Å². The first-order valence-corrected chi connectivity index (χ1v) is 14.2. The highest BCUT2D eigenvalue weighted by Gasteiger charge is 2.35. The van der Waals surface area contributed by atoms with Crippen LogP contribution in [0, 0.1) is 0 Å². The van der Waals surface area contributed by atoms with Crippen molar-refractivity contribution in [2.75, 3.05) is 31.1 Å². The Morgan fingerprint density at radius 1 is 1.12 bits per heavy atom. The Bertz CT molecular complexity index is 1410. The van der Waals surface area contributed by atoms with Gasteiger partial charge in [0.15, 0.2) is 5.82 Å². The van der Waals surface area contributed by atoms with Crippen molar-refractivity contribution in [3.63, 3.8) is 0 Å². The molecule has 1 atom stereocenters. The number of carbonyl (C=O) groups excluding carboxylic acids is 1. The highest BCUT2D eigenvalue weighted by Crippen LogP contribution is 2.43. The summed E-state index contributed by atoms with van der Waals surface area (Å²) in [6, 6.07) is 3.73. The lowest BCUT2D eigenvalue weighted by molar-refractivity contribution is -0.129. The molecule has 214 valence electrons. The molecule has 3 aliphatic heterocycles. The molecule has 3 aliphatic rings. The number of carbonyl (C=O) groups is 1. The van der Waals surface area contributed by atoms with Gasteiger partial charge in [0.25, 0.3) is 6.43 Å². The average molecular weight is 554 g/mol. The van der Waals surface area contributed by atoms with Crippen LogP contribution in [0.1, 0.15) is 68.0 Å². The van der Waals surface area contributed by atoms with E-state index in [9.17, 15) is 18.7 Å². The Kier molecular flexibility index (Phi) is 7.12. The molecule has 11 heteroatoms. The van der Waals surface area contributed by atoms with Crippen LogP contribution in [0.2, 0.25) is 0 Å². The number of amides is 1. The number of halogens is 2. The van der Waals surface area contributed by atoms with Gasteiger partial charge < -0.3 is 14.9 Å². The minimum Gasteiger partial charge on any atom is -0.379 e. The number of aromatic nitrogens is 4. The molecule has 1 saturated heterocycles. The fourth-order valence-electron chi connectivity index (χ4n) is 6.58. The van der Waals surface area contributed by atoms with Crippen LogP contribution in [-0.2, 0) is 31.2 Å². The molecule has 1 unspecified atom stereocenters. The average Bonchev–Trinajstić information content (AvgIpc) is 3.55. The van der Waals surface area contributed by atoms with E-state index in [0.717, 1.165) is 67.1 Å².